The highest BCUT2D eigenvalue weighted by molar-refractivity contribution is 5.97. The number of hydrogen-bond acceptors (Lipinski definition) is 1. The van der Waals surface area contributed by atoms with Gasteiger partial charge in [-0.1, -0.05) is 196 Å². The second-order valence-electron chi connectivity index (χ2n) is 16.9. The molecule has 0 saturated heterocycles. The van der Waals surface area contributed by atoms with Crippen molar-refractivity contribution in [1.82, 2.24) is 0 Å². The lowest BCUT2D eigenvalue weighted by Gasteiger charge is -2.32. The van der Waals surface area contributed by atoms with Crippen LogP contribution in [0.5, 0.6) is 0 Å². The summed E-state index contributed by atoms with van der Waals surface area (Å²) < 4.78 is 0. The zero-order chi connectivity index (χ0) is 40.6. The van der Waals surface area contributed by atoms with Crippen LogP contribution >= 0.6 is 0 Å². The van der Waals surface area contributed by atoms with E-state index in [-0.39, 0.29) is 5.41 Å². The molecule has 8 aromatic rings. The van der Waals surface area contributed by atoms with Crippen molar-refractivity contribution >= 4 is 16.9 Å². The van der Waals surface area contributed by atoms with Crippen LogP contribution in [0.1, 0.15) is 59.7 Å². The SMILES string of the molecule is C=C/C(=C\C=C(/C)N(c1ccc2c(c1)C(C)(C)c1ccccc1-2)c1ccccc1-c1ccc2c(c1)C1(c3ccccc3-c3ccccc31)c1ccccc1-2)c1ccccc1. The van der Waals surface area contributed by atoms with Gasteiger partial charge < -0.3 is 4.90 Å². The predicted molar refractivity (Wildman–Crippen MR) is 253 cm³/mol. The Bertz CT molecular complexity index is 3040. The molecule has 11 rings (SSSR count). The van der Waals surface area contributed by atoms with Crippen LogP contribution in [0.4, 0.5) is 11.4 Å². The summed E-state index contributed by atoms with van der Waals surface area (Å²) in [6.45, 7) is 11.1. The lowest BCUT2D eigenvalue weighted by molar-refractivity contribution is 0.660. The van der Waals surface area contributed by atoms with E-state index in [0.717, 1.165) is 28.2 Å². The van der Waals surface area contributed by atoms with Crippen LogP contribution in [0.2, 0.25) is 0 Å². The normalized spacial score (nSPS) is 14.8. The number of benzene rings is 8. The molecule has 1 nitrogen and oxygen atoms in total. The number of hydrogen-bond donors (Lipinski definition) is 0. The summed E-state index contributed by atoms with van der Waals surface area (Å²) in [6, 6.07) is 69.8. The Morgan fingerprint density at radius 1 is 0.450 bits per heavy atom. The first kappa shape index (κ1) is 35.9. The molecule has 0 heterocycles. The van der Waals surface area contributed by atoms with E-state index in [0.29, 0.717) is 0 Å². The van der Waals surface area contributed by atoms with Crippen LogP contribution < -0.4 is 4.90 Å². The topological polar surface area (TPSA) is 3.24 Å². The van der Waals surface area contributed by atoms with Crippen molar-refractivity contribution in [3.63, 3.8) is 0 Å². The van der Waals surface area contributed by atoms with E-state index >= 15 is 0 Å². The molecule has 0 bridgehead atoms. The van der Waals surface area contributed by atoms with Gasteiger partial charge in [0.15, 0.2) is 0 Å². The van der Waals surface area contributed by atoms with Gasteiger partial charge >= 0.3 is 0 Å². The molecule has 8 aromatic carbocycles. The molecule has 0 saturated carbocycles. The fourth-order valence-electron chi connectivity index (χ4n) is 10.7. The second kappa shape index (κ2) is 13.7. The fraction of sp³-hybridized carbons (Fsp3) is 0.0847. The Hall–Kier alpha value is -7.22. The average molecular weight is 768 g/mol. The predicted octanol–water partition coefficient (Wildman–Crippen LogP) is 15.3. The Labute approximate surface area is 354 Å². The smallest absolute Gasteiger partial charge is 0.0725 e. The molecule has 0 radical (unpaired) electrons. The molecule has 3 aliphatic rings. The first-order valence-electron chi connectivity index (χ1n) is 21.1. The maximum Gasteiger partial charge on any atom is 0.0725 e. The number of anilines is 2. The van der Waals surface area contributed by atoms with E-state index in [1.54, 1.807) is 0 Å². The number of nitrogens with zero attached hydrogens (tertiary/aromatic N) is 1. The Morgan fingerprint density at radius 3 is 1.55 bits per heavy atom. The van der Waals surface area contributed by atoms with Gasteiger partial charge in [0, 0.05) is 22.4 Å². The van der Waals surface area contributed by atoms with Gasteiger partial charge in [0.25, 0.3) is 0 Å². The molecule has 0 aromatic heterocycles. The van der Waals surface area contributed by atoms with E-state index in [1.807, 2.05) is 6.08 Å². The minimum absolute atomic E-state index is 0.134. The van der Waals surface area contributed by atoms with Crippen LogP contribution in [-0.2, 0) is 10.8 Å². The minimum Gasteiger partial charge on any atom is -0.314 e. The van der Waals surface area contributed by atoms with E-state index in [4.69, 9.17) is 0 Å². The van der Waals surface area contributed by atoms with Gasteiger partial charge in [-0.3, -0.25) is 0 Å². The van der Waals surface area contributed by atoms with Crippen molar-refractivity contribution in [2.45, 2.75) is 31.6 Å². The number of fused-ring (bicyclic) bond motifs is 13. The average Bonchev–Trinajstić information content (AvgIpc) is 3.85. The molecule has 286 valence electrons. The summed E-state index contributed by atoms with van der Waals surface area (Å²) in [5.41, 5.74) is 23.4. The van der Waals surface area contributed by atoms with Crippen molar-refractivity contribution in [2.75, 3.05) is 4.90 Å². The molecule has 0 unspecified atom stereocenters. The summed E-state index contributed by atoms with van der Waals surface area (Å²) in [7, 11) is 0. The third-order valence-electron chi connectivity index (χ3n) is 13.5. The van der Waals surface area contributed by atoms with Crippen molar-refractivity contribution < 1.29 is 0 Å². The Balaban J connectivity index is 1.12. The van der Waals surface area contributed by atoms with Gasteiger partial charge in [-0.25, -0.2) is 0 Å². The number of rotatable bonds is 7. The number of allylic oxidation sites excluding steroid dienone is 5. The highest BCUT2D eigenvalue weighted by atomic mass is 15.1. The van der Waals surface area contributed by atoms with Crippen LogP contribution in [0.25, 0.3) is 50.1 Å². The van der Waals surface area contributed by atoms with E-state index in [9.17, 15) is 0 Å². The zero-order valence-corrected chi connectivity index (χ0v) is 34.3. The van der Waals surface area contributed by atoms with Gasteiger partial charge in [0.1, 0.15) is 0 Å². The molecule has 0 aliphatic heterocycles. The summed E-state index contributed by atoms with van der Waals surface area (Å²) in [6.07, 6.45) is 6.39. The molecule has 0 N–H and O–H groups in total. The van der Waals surface area contributed by atoms with Crippen LogP contribution in [0, 0.1) is 0 Å². The highest BCUT2D eigenvalue weighted by Gasteiger charge is 2.51. The monoisotopic (exact) mass is 767 g/mol. The molecule has 1 heteroatoms. The lowest BCUT2D eigenvalue weighted by atomic mass is 9.70. The van der Waals surface area contributed by atoms with Gasteiger partial charge in [-0.15, -0.1) is 0 Å². The quantitative estimate of drug-likeness (QED) is 0.146. The lowest BCUT2D eigenvalue weighted by Crippen LogP contribution is -2.25. The third kappa shape index (κ3) is 5.12. The van der Waals surface area contributed by atoms with E-state index < -0.39 is 5.41 Å². The Morgan fingerprint density at radius 2 is 0.933 bits per heavy atom. The molecule has 3 aliphatic carbocycles. The van der Waals surface area contributed by atoms with Crippen molar-refractivity contribution in [1.29, 1.82) is 0 Å². The Kier molecular flexibility index (Phi) is 8.19. The molecule has 1 spiro atoms. The second-order valence-corrected chi connectivity index (χ2v) is 16.9. The van der Waals surface area contributed by atoms with E-state index in [2.05, 4.69) is 232 Å². The maximum absolute atomic E-state index is 4.20. The van der Waals surface area contributed by atoms with Crippen molar-refractivity contribution in [3.8, 4) is 44.5 Å². The van der Waals surface area contributed by atoms with Crippen LogP contribution in [-0.4, -0.2) is 0 Å². The fourth-order valence-corrected chi connectivity index (χ4v) is 10.7. The highest BCUT2D eigenvalue weighted by Crippen LogP contribution is 2.63. The molecule has 0 fully saturated rings. The van der Waals surface area contributed by atoms with Crippen LogP contribution in [0.3, 0.4) is 0 Å². The largest absolute Gasteiger partial charge is 0.314 e. The molecule has 0 amide bonds. The first-order chi connectivity index (χ1) is 29.4. The standard InChI is InChI=1S/C59H45N/c1-5-40(41-19-7-6-8-20-41)32-31-39(2)60(43-34-36-49-45-22-9-14-26-51(45)58(3,4)55(49)38-43)57-30-18-13-21-44(57)42-33-35-50-48-25-12-17-29-54(48)59(56(50)37-42)52-27-15-10-23-46(52)47-24-11-16-28-53(47)59/h5-38H,1H2,2-4H3/b39-31+,40-32+. The van der Waals surface area contributed by atoms with Gasteiger partial charge in [0.05, 0.1) is 11.1 Å². The van der Waals surface area contributed by atoms with Crippen molar-refractivity contribution in [2.24, 2.45) is 0 Å². The maximum atomic E-state index is 4.20. The van der Waals surface area contributed by atoms with Gasteiger partial charge in [-0.2, -0.15) is 0 Å². The summed E-state index contributed by atoms with van der Waals surface area (Å²) in [5, 5.41) is 0. The summed E-state index contributed by atoms with van der Waals surface area (Å²) in [4.78, 5) is 2.45. The van der Waals surface area contributed by atoms with E-state index in [1.165, 1.54) is 77.9 Å². The van der Waals surface area contributed by atoms with Gasteiger partial charge in [0.2, 0.25) is 0 Å². The number of para-hydroxylation sites is 1. The third-order valence-corrected chi connectivity index (χ3v) is 13.5. The minimum atomic E-state index is -0.413. The molecule has 0 atom stereocenters. The summed E-state index contributed by atoms with van der Waals surface area (Å²) in [5.74, 6) is 0. The summed E-state index contributed by atoms with van der Waals surface area (Å²) >= 11 is 0. The van der Waals surface area contributed by atoms with Crippen molar-refractivity contribution in [3.05, 3.63) is 258 Å². The van der Waals surface area contributed by atoms with Gasteiger partial charge in [-0.05, 0) is 121 Å². The molecular formula is C59H45N. The van der Waals surface area contributed by atoms with Crippen LogP contribution in [0.15, 0.2) is 219 Å². The molecular weight excluding hydrogens is 723 g/mol. The molecule has 60 heavy (non-hydrogen) atoms. The zero-order valence-electron chi connectivity index (χ0n) is 34.3. The first-order valence-corrected chi connectivity index (χ1v) is 21.1.